The number of alkyl halides is 1. The first-order valence-electron chi connectivity index (χ1n) is 5.48. The first-order chi connectivity index (χ1) is 9.18. The van der Waals surface area contributed by atoms with Crippen LogP contribution in [-0.2, 0) is 19.1 Å². The first-order valence-corrected chi connectivity index (χ1v) is 6.02. The van der Waals surface area contributed by atoms with Gasteiger partial charge in [0.15, 0.2) is 12.2 Å². The Balaban J connectivity index is 0. The van der Waals surface area contributed by atoms with E-state index in [9.17, 15) is 14.4 Å². The predicted octanol–water partition coefficient (Wildman–Crippen LogP) is -1.62. The number of carboxylic acids is 2. The maximum absolute atomic E-state index is 10.7. The number of nitrogens with two attached hydrogens (primary N) is 1. The number of hydrogen-bond donors (Lipinski definition) is 5. The fourth-order valence-electron chi connectivity index (χ4n) is 0.755. The van der Waals surface area contributed by atoms with Gasteiger partial charge in [0.2, 0.25) is 0 Å². The second-order valence-electron chi connectivity index (χ2n) is 3.40. The molecular formula is C10H18ClNO8. The molecule has 0 amide bonds. The normalized spacial score (nSPS) is 14.2. The van der Waals surface area contributed by atoms with E-state index < -0.39 is 30.2 Å². The minimum atomic E-state index is -2.27. The Bertz CT molecular complexity index is 306. The number of carboxylic acid groups (broad SMARTS) is 2. The largest absolute Gasteiger partial charge is 0.479 e. The van der Waals surface area contributed by atoms with Crippen LogP contribution < -0.4 is 5.73 Å². The third-order valence-electron chi connectivity index (χ3n) is 1.81. The van der Waals surface area contributed by atoms with Gasteiger partial charge in [-0.3, -0.25) is 4.79 Å². The smallest absolute Gasteiger partial charge is 0.335 e. The van der Waals surface area contributed by atoms with Crippen molar-refractivity contribution >= 4 is 29.5 Å². The van der Waals surface area contributed by atoms with Gasteiger partial charge < -0.3 is 30.9 Å². The van der Waals surface area contributed by atoms with E-state index in [0.717, 1.165) is 0 Å². The molecule has 0 aromatic heterocycles. The Kier molecular flexibility index (Phi) is 11.9. The number of rotatable bonds is 7. The van der Waals surface area contributed by atoms with Crippen molar-refractivity contribution in [2.75, 3.05) is 12.5 Å². The summed E-state index contributed by atoms with van der Waals surface area (Å²) in [5.74, 6) is -3.52. The first kappa shape index (κ1) is 20.9. The van der Waals surface area contributed by atoms with Crippen molar-refractivity contribution in [2.45, 2.75) is 31.6 Å². The number of halogens is 1. The molecule has 0 fully saturated rings. The summed E-state index contributed by atoms with van der Waals surface area (Å²) in [6, 6.07) is -0.558. The zero-order valence-electron chi connectivity index (χ0n) is 10.7. The van der Waals surface area contributed by atoms with Gasteiger partial charge in [-0.15, -0.1) is 11.6 Å². The lowest BCUT2D eigenvalue weighted by Gasteiger charge is -2.07. The summed E-state index contributed by atoms with van der Waals surface area (Å²) in [5.41, 5.74) is 5.35. The third-order valence-corrected chi connectivity index (χ3v) is 2.03. The molecule has 10 heteroatoms. The van der Waals surface area contributed by atoms with E-state index >= 15 is 0 Å². The zero-order chi connectivity index (χ0) is 16.3. The van der Waals surface area contributed by atoms with Crippen LogP contribution in [0.3, 0.4) is 0 Å². The van der Waals surface area contributed by atoms with E-state index in [2.05, 4.69) is 4.74 Å². The molecule has 6 N–H and O–H groups in total. The van der Waals surface area contributed by atoms with Crippen molar-refractivity contribution < 1.29 is 39.5 Å². The van der Waals surface area contributed by atoms with Crippen LogP contribution in [0.4, 0.5) is 0 Å². The summed E-state index contributed by atoms with van der Waals surface area (Å²) in [5, 5.41) is 32.5. The monoisotopic (exact) mass is 315 g/mol. The van der Waals surface area contributed by atoms with E-state index in [1.807, 2.05) is 0 Å². The van der Waals surface area contributed by atoms with Crippen molar-refractivity contribution in [1.82, 2.24) is 0 Å². The average Bonchev–Trinajstić information content (AvgIpc) is 2.38. The molecule has 0 spiro atoms. The van der Waals surface area contributed by atoms with Gasteiger partial charge in [-0.2, -0.15) is 0 Å². The van der Waals surface area contributed by atoms with Gasteiger partial charge in [0, 0.05) is 5.88 Å². The van der Waals surface area contributed by atoms with Gasteiger partial charge in [0.05, 0.1) is 6.61 Å². The van der Waals surface area contributed by atoms with Gasteiger partial charge in [-0.25, -0.2) is 9.59 Å². The number of esters is 1. The number of carbonyl (C=O) groups is 3. The quantitative estimate of drug-likeness (QED) is 0.274. The van der Waals surface area contributed by atoms with E-state index in [4.69, 9.17) is 37.8 Å². The molecule has 9 nitrogen and oxygen atoms in total. The van der Waals surface area contributed by atoms with E-state index in [1.165, 1.54) is 0 Å². The predicted molar refractivity (Wildman–Crippen MR) is 67.2 cm³/mol. The highest BCUT2D eigenvalue weighted by atomic mass is 35.5. The molecule has 0 aliphatic carbocycles. The molecule has 0 bridgehead atoms. The van der Waals surface area contributed by atoms with Crippen LogP contribution in [0.15, 0.2) is 0 Å². The molecule has 0 aromatic rings. The molecule has 0 saturated heterocycles. The van der Waals surface area contributed by atoms with Gasteiger partial charge in [0.25, 0.3) is 0 Å². The Hall–Kier alpha value is -1.42. The van der Waals surface area contributed by atoms with E-state index in [1.54, 1.807) is 6.92 Å². The van der Waals surface area contributed by atoms with Gasteiger partial charge >= 0.3 is 17.9 Å². The summed E-state index contributed by atoms with van der Waals surface area (Å²) in [7, 11) is 0. The fraction of sp³-hybridized carbons (Fsp3) is 0.700. The standard InChI is InChI=1S/C6H12ClNO2.C4H6O6/c1-2-10-6(9)5(8)3-4-7;5-1(3(7)8)2(6)4(9)10/h5H,2-4,8H2,1H3;1-2,5-6H,(H,7,8)(H,9,10)/t5-;1-,2-/m01/s1. The molecule has 20 heavy (non-hydrogen) atoms. The number of carbonyl (C=O) groups excluding carboxylic acids is 1. The lowest BCUT2D eigenvalue weighted by atomic mass is 10.2. The summed E-state index contributed by atoms with van der Waals surface area (Å²) in [6.45, 7) is 2.11. The fourth-order valence-corrected chi connectivity index (χ4v) is 0.990. The highest BCUT2D eigenvalue weighted by Crippen LogP contribution is 1.94. The number of aliphatic hydroxyl groups excluding tert-OH is 2. The Morgan fingerprint density at radius 3 is 1.80 bits per heavy atom. The summed E-state index contributed by atoms with van der Waals surface area (Å²) in [4.78, 5) is 30.3. The van der Waals surface area contributed by atoms with E-state index in [0.29, 0.717) is 18.9 Å². The highest BCUT2D eigenvalue weighted by Gasteiger charge is 2.29. The number of ether oxygens (including phenoxy) is 1. The molecule has 0 aliphatic rings. The van der Waals surface area contributed by atoms with Crippen LogP contribution in [0.5, 0.6) is 0 Å². The zero-order valence-corrected chi connectivity index (χ0v) is 11.5. The lowest BCUT2D eigenvalue weighted by molar-refractivity contribution is -0.165. The van der Waals surface area contributed by atoms with Gasteiger partial charge in [0.1, 0.15) is 6.04 Å². The Labute approximate surface area is 119 Å². The van der Waals surface area contributed by atoms with Crippen LogP contribution in [0.2, 0.25) is 0 Å². The molecule has 0 aromatic carbocycles. The van der Waals surface area contributed by atoms with Crippen molar-refractivity contribution in [2.24, 2.45) is 5.73 Å². The SMILES string of the molecule is CCOC(=O)[C@@H](N)CCCl.O=C(O)[C@H](O)[C@@H](O)C(=O)O. The van der Waals surface area contributed by atoms with Crippen molar-refractivity contribution in [3.63, 3.8) is 0 Å². The highest BCUT2D eigenvalue weighted by molar-refractivity contribution is 6.18. The number of aliphatic carboxylic acids is 2. The van der Waals surface area contributed by atoms with Crippen molar-refractivity contribution in [3.05, 3.63) is 0 Å². The molecule has 0 rings (SSSR count). The van der Waals surface area contributed by atoms with E-state index in [-0.39, 0.29) is 5.97 Å². The molecular weight excluding hydrogens is 298 g/mol. The Morgan fingerprint density at radius 2 is 1.55 bits per heavy atom. The summed E-state index contributed by atoms with van der Waals surface area (Å²) >= 11 is 5.35. The number of aliphatic hydroxyl groups is 2. The van der Waals surface area contributed by atoms with Gasteiger partial charge in [-0.05, 0) is 13.3 Å². The van der Waals surface area contributed by atoms with Crippen LogP contribution >= 0.6 is 11.6 Å². The molecule has 3 atom stereocenters. The van der Waals surface area contributed by atoms with Crippen LogP contribution in [-0.4, -0.2) is 69.1 Å². The molecule has 0 radical (unpaired) electrons. The topological polar surface area (TPSA) is 167 Å². The van der Waals surface area contributed by atoms with Crippen molar-refractivity contribution in [3.8, 4) is 0 Å². The minimum Gasteiger partial charge on any atom is -0.479 e. The maximum Gasteiger partial charge on any atom is 0.335 e. The Morgan fingerprint density at radius 1 is 1.15 bits per heavy atom. The van der Waals surface area contributed by atoms with Crippen LogP contribution in [0, 0.1) is 0 Å². The van der Waals surface area contributed by atoms with Crippen LogP contribution in [0.25, 0.3) is 0 Å². The molecule has 118 valence electrons. The number of hydrogen-bond acceptors (Lipinski definition) is 7. The second-order valence-corrected chi connectivity index (χ2v) is 3.78. The molecule has 0 aliphatic heterocycles. The maximum atomic E-state index is 10.7. The second kappa shape index (κ2) is 11.4. The van der Waals surface area contributed by atoms with Crippen molar-refractivity contribution in [1.29, 1.82) is 0 Å². The van der Waals surface area contributed by atoms with Gasteiger partial charge in [-0.1, -0.05) is 0 Å². The van der Waals surface area contributed by atoms with Crippen LogP contribution in [0.1, 0.15) is 13.3 Å². The average molecular weight is 316 g/mol. The molecule has 0 heterocycles. The minimum absolute atomic E-state index is 0.370. The molecule has 0 unspecified atom stereocenters. The summed E-state index contributed by atoms with van der Waals surface area (Å²) in [6.07, 6.45) is -4.06. The third kappa shape index (κ3) is 9.50. The molecule has 0 saturated carbocycles. The summed E-state index contributed by atoms with van der Waals surface area (Å²) < 4.78 is 4.63. The lowest BCUT2D eigenvalue weighted by Crippen LogP contribution is -2.39.